The minimum Gasteiger partial charge on any atom is -0.444 e. The smallest absolute Gasteiger partial charge is 0.414 e. The number of esters is 1. The van der Waals surface area contributed by atoms with Gasteiger partial charge in [0, 0.05) is 6.42 Å². The van der Waals surface area contributed by atoms with E-state index in [2.05, 4.69) is 6.92 Å². The third kappa shape index (κ3) is 5.68. The fraction of sp³-hybridized carbons (Fsp3) is 0.882. The molecule has 1 saturated heterocycles. The summed E-state index contributed by atoms with van der Waals surface area (Å²) in [6, 6.07) is -0.809. The summed E-state index contributed by atoms with van der Waals surface area (Å²) in [4.78, 5) is 25.9. The Morgan fingerprint density at radius 1 is 1.39 bits per heavy atom. The van der Waals surface area contributed by atoms with Crippen molar-refractivity contribution >= 4 is 12.1 Å². The quantitative estimate of drug-likeness (QED) is 0.598. The lowest BCUT2D eigenvalue weighted by Gasteiger charge is -2.33. The fourth-order valence-electron chi connectivity index (χ4n) is 2.71. The van der Waals surface area contributed by atoms with Crippen LogP contribution in [0.4, 0.5) is 4.79 Å². The number of carbonyl (C=O) groups excluding carboxylic acids is 2. The van der Waals surface area contributed by atoms with Crippen LogP contribution in [0.3, 0.4) is 0 Å². The average Bonchev–Trinajstić information content (AvgIpc) is 2.56. The van der Waals surface area contributed by atoms with Gasteiger partial charge in [-0.15, -0.1) is 0 Å². The molecule has 0 aromatic carbocycles. The van der Waals surface area contributed by atoms with Crippen molar-refractivity contribution in [2.45, 2.75) is 97.1 Å². The lowest BCUT2D eigenvalue weighted by Crippen LogP contribution is -2.50. The van der Waals surface area contributed by atoms with Crippen molar-refractivity contribution in [3.8, 4) is 0 Å². The molecular formula is C17H31NO5. The highest BCUT2D eigenvalue weighted by atomic mass is 16.6. The van der Waals surface area contributed by atoms with E-state index in [1.165, 1.54) is 4.90 Å². The molecule has 0 aliphatic carbocycles. The number of rotatable bonds is 6. The molecule has 23 heavy (non-hydrogen) atoms. The second-order valence-corrected chi connectivity index (χ2v) is 7.62. The first-order valence-corrected chi connectivity index (χ1v) is 8.41. The van der Waals surface area contributed by atoms with Crippen molar-refractivity contribution < 1.29 is 24.2 Å². The molecular weight excluding hydrogens is 298 g/mol. The van der Waals surface area contributed by atoms with Gasteiger partial charge in [-0.1, -0.05) is 26.2 Å². The number of carbonyl (C=O) groups is 2. The number of unbranched alkanes of at least 4 members (excludes halogenated alkanes) is 2. The Morgan fingerprint density at radius 3 is 2.52 bits per heavy atom. The average molecular weight is 329 g/mol. The Bertz CT molecular complexity index is 427. The summed E-state index contributed by atoms with van der Waals surface area (Å²) in [5.74, 6) is -0.490. The zero-order chi connectivity index (χ0) is 17.8. The summed E-state index contributed by atoms with van der Waals surface area (Å²) < 4.78 is 10.7. The second-order valence-electron chi connectivity index (χ2n) is 7.62. The summed E-state index contributed by atoms with van der Waals surface area (Å²) in [6.45, 7) is 10.7. The van der Waals surface area contributed by atoms with Gasteiger partial charge in [-0.3, -0.25) is 4.90 Å². The Hall–Kier alpha value is -1.30. The van der Waals surface area contributed by atoms with Crippen LogP contribution in [-0.2, 0) is 14.3 Å². The summed E-state index contributed by atoms with van der Waals surface area (Å²) in [6.07, 6.45) is 2.54. The van der Waals surface area contributed by atoms with E-state index in [1.54, 1.807) is 34.6 Å². The van der Waals surface area contributed by atoms with Crippen LogP contribution in [0.25, 0.3) is 0 Å². The predicted molar refractivity (Wildman–Crippen MR) is 86.8 cm³/mol. The largest absolute Gasteiger partial charge is 0.444 e. The molecule has 0 saturated carbocycles. The molecule has 1 heterocycles. The van der Waals surface area contributed by atoms with Gasteiger partial charge in [0.1, 0.15) is 11.6 Å². The van der Waals surface area contributed by atoms with Gasteiger partial charge in [0.15, 0.2) is 5.72 Å². The number of ether oxygens (including phenoxy) is 2. The van der Waals surface area contributed by atoms with Crippen molar-refractivity contribution in [3.63, 3.8) is 0 Å². The van der Waals surface area contributed by atoms with Crippen molar-refractivity contribution in [2.75, 3.05) is 0 Å². The van der Waals surface area contributed by atoms with Crippen molar-refractivity contribution in [1.29, 1.82) is 0 Å². The lowest BCUT2D eigenvalue weighted by molar-refractivity contribution is -0.149. The van der Waals surface area contributed by atoms with Crippen molar-refractivity contribution in [1.82, 2.24) is 4.90 Å². The Balaban J connectivity index is 2.81. The van der Waals surface area contributed by atoms with E-state index in [9.17, 15) is 14.7 Å². The zero-order valence-corrected chi connectivity index (χ0v) is 15.2. The van der Waals surface area contributed by atoms with Gasteiger partial charge in [0.05, 0.1) is 6.10 Å². The molecule has 2 atom stereocenters. The van der Waals surface area contributed by atoms with Gasteiger partial charge in [0.2, 0.25) is 0 Å². The molecule has 134 valence electrons. The Morgan fingerprint density at radius 2 is 2.00 bits per heavy atom. The van der Waals surface area contributed by atoms with Crippen LogP contribution in [0.15, 0.2) is 0 Å². The van der Waals surface area contributed by atoms with Crippen LogP contribution >= 0.6 is 0 Å². The minimum atomic E-state index is -1.08. The maximum absolute atomic E-state index is 12.5. The first-order valence-electron chi connectivity index (χ1n) is 8.41. The van der Waals surface area contributed by atoms with Gasteiger partial charge in [-0.05, 0) is 41.0 Å². The van der Waals surface area contributed by atoms with Gasteiger partial charge in [0.25, 0.3) is 0 Å². The number of aliphatic hydroxyl groups is 1. The molecule has 1 N–H and O–H groups in total. The van der Waals surface area contributed by atoms with Crippen LogP contribution in [0.1, 0.15) is 73.6 Å². The molecule has 0 aromatic heterocycles. The van der Waals surface area contributed by atoms with Gasteiger partial charge in [-0.25, -0.2) is 9.59 Å². The van der Waals surface area contributed by atoms with Crippen molar-refractivity contribution in [2.24, 2.45) is 0 Å². The summed E-state index contributed by atoms with van der Waals surface area (Å²) in [5.41, 5.74) is -1.74. The normalized spacial score (nSPS) is 22.0. The minimum absolute atomic E-state index is 0.172. The maximum Gasteiger partial charge on any atom is 0.414 e. The third-order valence-corrected chi connectivity index (χ3v) is 3.74. The standard InChI is InChI=1S/C17H31NO5/c1-7-8-9-10-12(19)11-13-14(20)22-17(5,6)18(13)15(21)23-16(2,3)4/h12-13,19H,7-11H2,1-6H3/t12?,13-/m0/s1. The van der Waals surface area contributed by atoms with E-state index < -0.39 is 35.5 Å². The summed E-state index contributed by atoms with van der Waals surface area (Å²) >= 11 is 0. The van der Waals surface area contributed by atoms with Crippen LogP contribution < -0.4 is 0 Å². The maximum atomic E-state index is 12.5. The molecule has 6 heteroatoms. The van der Waals surface area contributed by atoms with Crippen LogP contribution in [0.5, 0.6) is 0 Å². The highest BCUT2D eigenvalue weighted by molar-refractivity contribution is 5.85. The Kier molecular flexibility index (Phi) is 6.45. The first-order chi connectivity index (χ1) is 10.5. The summed E-state index contributed by atoms with van der Waals surface area (Å²) in [7, 11) is 0. The predicted octanol–water partition coefficient (Wildman–Crippen LogP) is 3.22. The van der Waals surface area contributed by atoms with Gasteiger partial charge in [-0.2, -0.15) is 0 Å². The molecule has 0 aromatic rings. The number of aliphatic hydroxyl groups excluding tert-OH is 1. The topological polar surface area (TPSA) is 76.1 Å². The van der Waals surface area contributed by atoms with Crippen LogP contribution in [0, 0.1) is 0 Å². The summed E-state index contributed by atoms with van der Waals surface area (Å²) in [5, 5.41) is 10.2. The second kappa shape index (κ2) is 7.51. The van der Waals surface area contributed by atoms with Crippen molar-refractivity contribution in [3.05, 3.63) is 0 Å². The molecule has 1 aliphatic rings. The molecule has 1 amide bonds. The monoisotopic (exact) mass is 329 g/mol. The number of cyclic esters (lactones) is 1. The fourth-order valence-corrected chi connectivity index (χ4v) is 2.71. The van der Waals surface area contributed by atoms with E-state index >= 15 is 0 Å². The Labute approximate surface area is 139 Å². The molecule has 0 spiro atoms. The van der Waals surface area contributed by atoms with E-state index in [0.717, 1.165) is 19.3 Å². The van der Waals surface area contributed by atoms with E-state index in [1.807, 2.05) is 0 Å². The molecule has 0 bridgehead atoms. The molecule has 6 nitrogen and oxygen atoms in total. The highest BCUT2D eigenvalue weighted by Gasteiger charge is 2.52. The van der Waals surface area contributed by atoms with E-state index in [0.29, 0.717) is 6.42 Å². The number of amides is 1. The highest BCUT2D eigenvalue weighted by Crippen LogP contribution is 2.32. The van der Waals surface area contributed by atoms with Crippen LogP contribution in [-0.4, -0.2) is 45.5 Å². The third-order valence-electron chi connectivity index (χ3n) is 3.74. The molecule has 0 radical (unpaired) electrons. The molecule has 1 unspecified atom stereocenters. The first kappa shape index (κ1) is 19.7. The SMILES string of the molecule is CCCCCC(O)C[C@H]1C(=O)OC(C)(C)N1C(=O)OC(C)(C)C. The molecule has 1 fully saturated rings. The zero-order valence-electron chi connectivity index (χ0n) is 15.2. The van der Waals surface area contributed by atoms with Crippen LogP contribution in [0.2, 0.25) is 0 Å². The van der Waals surface area contributed by atoms with Gasteiger partial charge >= 0.3 is 12.1 Å². The molecule has 1 rings (SSSR count). The lowest BCUT2D eigenvalue weighted by atomic mass is 10.0. The number of hydrogen-bond donors (Lipinski definition) is 1. The number of nitrogens with zero attached hydrogens (tertiary/aromatic N) is 1. The van der Waals surface area contributed by atoms with E-state index in [-0.39, 0.29) is 6.42 Å². The van der Waals surface area contributed by atoms with Gasteiger partial charge < -0.3 is 14.6 Å². The van der Waals surface area contributed by atoms with E-state index in [4.69, 9.17) is 9.47 Å². The molecule has 1 aliphatic heterocycles. The number of hydrogen-bond acceptors (Lipinski definition) is 5.